The average molecular weight is 323 g/mol. The molecule has 21 heavy (non-hydrogen) atoms. The molecule has 0 aliphatic carbocycles. The minimum atomic E-state index is -3.57. The van der Waals surface area contributed by atoms with E-state index in [-0.39, 0.29) is 4.90 Å². The molecule has 0 spiro atoms. The van der Waals surface area contributed by atoms with E-state index in [0.717, 1.165) is 5.69 Å². The maximum atomic E-state index is 12.8. The summed E-state index contributed by atoms with van der Waals surface area (Å²) in [5.74, 6) is 0. The Morgan fingerprint density at radius 3 is 2.24 bits per heavy atom. The Morgan fingerprint density at radius 2 is 1.57 bits per heavy atom. The van der Waals surface area contributed by atoms with E-state index in [2.05, 4.69) is 4.90 Å². The number of likely N-dealkylation sites (N-methyl/N-ethyl adjacent to an activating group) is 1. The molecule has 0 atom stereocenters. The molecule has 0 fully saturated rings. The lowest BCUT2D eigenvalue weighted by Crippen LogP contribution is -2.42. The van der Waals surface area contributed by atoms with Crippen molar-refractivity contribution in [3.63, 3.8) is 0 Å². The fourth-order valence-corrected chi connectivity index (χ4v) is 4.06. The van der Waals surface area contributed by atoms with Crippen LogP contribution in [0.5, 0.6) is 0 Å². The fourth-order valence-electron chi connectivity index (χ4n) is 2.46. The van der Waals surface area contributed by atoms with Crippen LogP contribution < -0.4 is 9.21 Å². The monoisotopic (exact) mass is 322 g/mol. The fraction of sp³-hybridized carbons (Fsp3) is 0.200. The highest BCUT2D eigenvalue weighted by atomic mass is 35.5. The summed E-state index contributed by atoms with van der Waals surface area (Å²) in [5, 5.41) is 0.521. The van der Waals surface area contributed by atoms with Gasteiger partial charge in [-0.1, -0.05) is 23.7 Å². The van der Waals surface area contributed by atoms with Gasteiger partial charge < -0.3 is 4.90 Å². The molecule has 0 amide bonds. The van der Waals surface area contributed by atoms with Crippen LogP contribution in [-0.2, 0) is 10.0 Å². The highest BCUT2D eigenvalue weighted by Gasteiger charge is 2.30. The van der Waals surface area contributed by atoms with Crippen LogP contribution in [0, 0.1) is 0 Å². The van der Waals surface area contributed by atoms with Gasteiger partial charge in [-0.3, -0.25) is 4.31 Å². The lowest BCUT2D eigenvalue weighted by molar-refractivity contribution is 0.589. The molecule has 1 heterocycles. The summed E-state index contributed by atoms with van der Waals surface area (Å²) in [5.41, 5.74) is 1.63. The number of sulfonamides is 1. The number of hydrogen-bond acceptors (Lipinski definition) is 3. The van der Waals surface area contributed by atoms with Crippen molar-refractivity contribution in [3.8, 4) is 0 Å². The molecule has 6 heteroatoms. The van der Waals surface area contributed by atoms with Gasteiger partial charge in [-0.05, 0) is 36.4 Å². The molecular weight excluding hydrogens is 308 g/mol. The highest BCUT2D eigenvalue weighted by Crippen LogP contribution is 2.35. The van der Waals surface area contributed by atoms with Crippen molar-refractivity contribution in [1.29, 1.82) is 0 Å². The van der Waals surface area contributed by atoms with Crippen LogP contribution in [0.1, 0.15) is 0 Å². The third-order valence-corrected chi connectivity index (χ3v) is 5.68. The Morgan fingerprint density at radius 1 is 0.952 bits per heavy atom. The van der Waals surface area contributed by atoms with E-state index in [9.17, 15) is 8.42 Å². The summed E-state index contributed by atoms with van der Waals surface area (Å²) >= 11 is 5.83. The first-order valence-electron chi connectivity index (χ1n) is 6.58. The van der Waals surface area contributed by atoms with Gasteiger partial charge in [-0.15, -0.1) is 0 Å². The van der Waals surface area contributed by atoms with Crippen molar-refractivity contribution in [2.45, 2.75) is 4.90 Å². The molecule has 110 valence electrons. The minimum Gasteiger partial charge on any atom is -0.371 e. The van der Waals surface area contributed by atoms with Gasteiger partial charge in [0.2, 0.25) is 0 Å². The van der Waals surface area contributed by atoms with Crippen molar-refractivity contribution < 1.29 is 8.42 Å². The van der Waals surface area contributed by atoms with E-state index < -0.39 is 10.0 Å². The topological polar surface area (TPSA) is 40.6 Å². The third-order valence-electron chi connectivity index (χ3n) is 3.60. The molecule has 0 aromatic heterocycles. The molecule has 0 N–H and O–H groups in total. The summed E-state index contributed by atoms with van der Waals surface area (Å²) in [6.07, 6.45) is 0. The smallest absolute Gasteiger partial charge is 0.264 e. The van der Waals surface area contributed by atoms with Crippen LogP contribution in [0.4, 0.5) is 11.4 Å². The number of anilines is 2. The van der Waals surface area contributed by atoms with Crippen LogP contribution in [0.25, 0.3) is 0 Å². The molecule has 2 aromatic rings. The highest BCUT2D eigenvalue weighted by molar-refractivity contribution is 7.92. The number of benzene rings is 2. The van der Waals surface area contributed by atoms with Gasteiger partial charge in [0, 0.05) is 18.6 Å². The summed E-state index contributed by atoms with van der Waals surface area (Å²) in [6, 6.07) is 13.8. The Balaban J connectivity index is 2.08. The normalized spacial score (nSPS) is 15.0. The van der Waals surface area contributed by atoms with Gasteiger partial charge in [0.05, 0.1) is 22.8 Å². The quantitative estimate of drug-likeness (QED) is 0.853. The standard InChI is InChI=1S/C15H15ClN2O2S/c1-17-10-11-18(15-5-3-2-4-14(15)17)21(19,20)13-8-6-12(16)7-9-13/h2-9H,10-11H2,1H3. The van der Waals surface area contributed by atoms with Crippen LogP contribution in [0.2, 0.25) is 5.02 Å². The van der Waals surface area contributed by atoms with Gasteiger partial charge in [0.1, 0.15) is 0 Å². The molecular formula is C15H15ClN2O2S. The molecule has 1 aliphatic rings. The molecule has 0 saturated heterocycles. The average Bonchev–Trinajstić information content (AvgIpc) is 2.48. The molecule has 0 unspecified atom stereocenters. The molecule has 0 radical (unpaired) electrons. The van der Waals surface area contributed by atoms with E-state index in [1.54, 1.807) is 24.3 Å². The number of rotatable bonds is 2. The van der Waals surface area contributed by atoms with E-state index in [1.807, 2.05) is 31.3 Å². The number of hydrogen-bond donors (Lipinski definition) is 0. The number of nitrogens with zero attached hydrogens (tertiary/aromatic N) is 2. The molecule has 4 nitrogen and oxygen atoms in total. The van der Waals surface area contributed by atoms with E-state index in [4.69, 9.17) is 11.6 Å². The molecule has 2 aromatic carbocycles. The molecule has 0 saturated carbocycles. The van der Waals surface area contributed by atoms with Gasteiger partial charge >= 0.3 is 0 Å². The van der Waals surface area contributed by atoms with Crippen molar-refractivity contribution in [2.24, 2.45) is 0 Å². The van der Waals surface area contributed by atoms with E-state index in [0.29, 0.717) is 23.8 Å². The zero-order valence-electron chi connectivity index (χ0n) is 11.5. The number of halogens is 1. The lowest BCUT2D eigenvalue weighted by Gasteiger charge is -2.36. The van der Waals surface area contributed by atoms with Crippen LogP contribution in [0.3, 0.4) is 0 Å². The van der Waals surface area contributed by atoms with Gasteiger partial charge in [0.15, 0.2) is 0 Å². The summed E-state index contributed by atoms with van der Waals surface area (Å²) in [7, 11) is -1.60. The molecule has 0 bridgehead atoms. The first kappa shape index (κ1) is 14.2. The second kappa shape index (κ2) is 5.24. The largest absolute Gasteiger partial charge is 0.371 e. The second-order valence-electron chi connectivity index (χ2n) is 4.94. The Hall–Kier alpha value is -1.72. The van der Waals surface area contributed by atoms with Crippen LogP contribution in [-0.4, -0.2) is 28.6 Å². The van der Waals surface area contributed by atoms with E-state index >= 15 is 0 Å². The maximum absolute atomic E-state index is 12.8. The first-order chi connectivity index (χ1) is 10.00. The predicted molar refractivity (Wildman–Crippen MR) is 85.7 cm³/mol. The second-order valence-corrected chi connectivity index (χ2v) is 7.24. The Kier molecular flexibility index (Phi) is 3.55. The van der Waals surface area contributed by atoms with E-state index in [1.165, 1.54) is 4.31 Å². The van der Waals surface area contributed by atoms with Gasteiger partial charge in [-0.25, -0.2) is 8.42 Å². The van der Waals surface area contributed by atoms with Gasteiger partial charge in [-0.2, -0.15) is 0 Å². The summed E-state index contributed by atoms with van der Waals surface area (Å²) < 4.78 is 27.1. The summed E-state index contributed by atoms with van der Waals surface area (Å²) in [4.78, 5) is 2.31. The third kappa shape index (κ3) is 2.47. The van der Waals surface area contributed by atoms with Crippen LogP contribution >= 0.6 is 11.6 Å². The number of para-hydroxylation sites is 2. The SMILES string of the molecule is CN1CCN(S(=O)(=O)c2ccc(Cl)cc2)c2ccccc21. The van der Waals surface area contributed by atoms with Crippen molar-refractivity contribution in [2.75, 3.05) is 29.3 Å². The first-order valence-corrected chi connectivity index (χ1v) is 8.40. The zero-order chi connectivity index (χ0) is 15.0. The zero-order valence-corrected chi connectivity index (χ0v) is 13.1. The Bertz CT molecular complexity index is 759. The molecule has 3 rings (SSSR count). The maximum Gasteiger partial charge on any atom is 0.264 e. The van der Waals surface area contributed by atoms with Crippen molar-refractivity contribution >= 4 is 33.0 Å². The predicted octanol–water partition coefficient (Wildman–Crippen LogP) is 2.99. The van der Waals surface area contributed by atoms with Gasteiger partial charge in [0.25, 0.3) is 10.0 Å². The Labute approximate surface area is 129 Å². The van der Waals surface area contributed by atoms with Crippen LogP contribution in [0.15, 0.2) is 53.4 Å². The van der Waals surface area contributed by atoms with Crippen molar-refractivity contribution in [3.05, 3.63) is 53.6 Å². The summed E-state index contributed by atoms with van der Waals surface area (Å²) in [6.45, 7) is 1.09. The minimum absolute atomic E-state index is 0.256. The lowest BCUT2D eigenvalue weighted by atomic mass is 10.2. The van der Waals surface area contributed by atoms with Crippen molar-refractivity contribution in [1.82, 2.24) is 0 Å². The number of fused-ring (bicyclic) bond motifs is 1. The molecule has 1 aliphatic heterocycles.